The third-order valence-corrected chi connectivity index (χ3v) is 3.97. The Morgan fingerprint density at radius 1 is 0.955 bits per heavy atom. The summed E-state index contributed by atoms with van der Waals surface area (Å²) in [5.41, 5.74) is 3.78. The maximum absolute atomic E-state index is 5.81. The van der Waals surface area contributed by atoms with Gasteiger partial charge >= 0.3 is 0 Å². The third-order valence-electron chi connectivity index (χ3n) is 3.97. The van der Waals surface area contributed by atoms with Gasteiger partial charge in [-0.1, -0.05) is 48.5 Å². The molecule has 0 fully saturated rings. The highest BCUT2D eigenvalue weighted by Crippen LogP contribution is 2.23. The number of benzene rings is 2. The van der Waals surface area contributed by atoms with Crippen LogP contribution in [-0.4, -0.2) is 18.0 Å². The first kappa shape index (κ1) is 14.8. The molecule has 0 radical (unpaired) electrons. The topological polar surface area (TPSA) is 21.6 Å². The summed E-state index contributed by atoms with van der Waals surface area (Å²) in [6.45, 7) is 4.89. The lowest BCUT2D eigenvalue weighted by atomic mass is 9.99. The fourth-order valence-electron chi connectivity index (χ4n) is 2.80. The first-order chi connectivity index (χ1) is 10.6. The molecule has 0 saturated heterocycles. The SMILES string of the molecule is CC1(C)COC(c2ccccc2CCCc2ccccc2)=N1. The van der Waals surface area contributed by atoms with Crippen LogP contribution in [0.5, 0.6) is 0 Å². The van der Waals surface area contributed by atoms with E-state index >= 15 is 0 Å². The summed E-state index contributed by atoms with van der Waals surface area (Å²) in [7, 11) is 0. The molecular formula is C20H23NO. The van der Waals surface area contributed by atoms with Crippen LogP contribution in [0, 0.1) is 0 Å². The summed E-state index contributed by atoms with van der Waals surface area (Å²) in [6, 6.07) is 19.1. The fourth-order valence-corrected chi connectivity index (χ4v) is 2.80. The molecule has 0 N–H and O–H groups in total. The van der Waals surface area contributed by atoms with Crippen molar-refractivity contribution in [1.29, 1.82) is 0 Å². The van der Waals surface area contributed by atoms with Crippen LogP contribution in [0.25, 0.3) is 0 Å². The van der Waals surface area contributed by atoms with E-state index in [1.54, 1.807) is 0 Å². The summed E-state index contributed by atoms with van der Waals surface area (Å²) < 4.78 is 5.81. The van der Waals surface area contributed by atoms with Gasteiger partial charge in [0.1, 0.15) is 6.61 Å². The molecule has 0 spiro atoms. The number of nitrogens with zero attached hydrogens (tertiary/aromatic N) is 1. The van der Waals surface area contributed by atoms with E-state index in [0.29, 0.717) is 6.61 Å². The quantitative estimate of drug-likeness (QED) is 0.800. The average Bonchev–Trinajstić information content (AvgIpc) is 2.89. The van der Waals surface area contributed by atoms with E-state index in [9.17, 15) is 0 Å². The highest BCUT2D eigenvalue weighted by Gasteiger charge is 2.27. The Bertz CT molecular complexity index is 658. The van der Waals surface area contributed by atoms with Gasteiger partial charge in [0, 0.05) is 5.56 Å². The molecule has 1 heterocycles. The lowest BCUT2D eigenvalue weighted by Crippen LogP contribution is -2.17. The number of ether oxygens (including phenoxy) is 1. The van der Waals surface area contributed by atoms with Gasteiger partial charge in [-0.05, 0) is 50.3 Å². The molecule has 0 aromatic heterocycles. The first-order valence-electron chi connectivity index (χ1n) is 7.99. The zero-order chi connectivity index (χ0) is 15.4. The van der Waals surface area contributed by atoms with Gasteiger partial charge in [-0.3, -0.25) is 0 Å². The van der Waals surface area contributed by atoms with Crippen LogP contribution in [0.2, 0.25) is 0 Å². The van der Waals surface area contributed by atoms with Gasteiger partial charge in [0.05, 0.1) is 5.54 Å². The molecule has 0 saturated carbocycles. The number of rotatable bonds is 5. The van der Waals surface area contributed by atoms with Crippen LogP contribution in [0.3, 0.4) is 0 Å². The molecule has 0 atom stereocenters. The number of aryl methyl sites for hydroxylation is 2. The summed E-state index contributed by atoms with van der Waals surface area (Å²) >= 11 is 0. The van der Waals surface area contributed by atoms with Crippen LogP contribution in [-0.2, 0) is 17.6 Å². The Morgan fingerprint density at radius 3 is 2.41 bits per heavy atom. The van der Waals surface area contributed by atoms with Gasteiger partial charge in [0.15, 0.2) is 0 Å². The van der Waals surface area contributed by atoms with Crippen molar-refractivity contribution in [1.82, 2.24) is 0 Å². The van der Waals surface area contributed by atoms with Crippen LogP contribution in [0.15, 0.2) is 59.6 Å². The van der Waals surface area contributed by atoms with Crippen molar-refractivity contribution >= 4 is 5.90 Å². The lowest BCUT2D eigenvalue weighted by Gasteiger charge is -2.09. The molecule has 114 valence electrons. The summed E-state index contributed by atoms with van der Waals surface area (Å²) in [6.07, 6.45) is 3.29. The fraction of sp³-hybridized carbons (Fsp3) is 0.350. The van der Waals surface area contributed by atoms with Crippen molar-refractivity contribution in [2.24, 2.45) is 4.99 Å². The predicted octanol–water partition coefficient (Wildman–Crippen LogP) is 4.42. The Kier molecular flexibility index (Phi) is 4.28. The number of aliphatic imine (C=N–C) groups is 1. The number of hydrogen-bond acceptors (Lipinski definition) is 2. The van der Waals surface area contributed by atoms with Crippen molar-refractivity contribution in [2.75, 3.05) is 6.61 Å². The van der Waals surface area contributed by atoms with Crippen molar-refractivity contribution in [3.8, 4) is 0 Å². The van der Waals surface area contributed by atoms with Crippen molar-refractivity contribution in [3.63, 3.8) is 0 Å². The largest absolute Gasteiger partial charge is 0.475 e. The van der Waals surface area contributed by atoms with Crippen molar-refractivity contribution < 1.29 is 4.74 Å². The minimum Gasteiger partial charge on any atom is -0.475 e. The van der Waals surface area contributed by atoms with Crippen molar-refractivity contribution in [2.45, 2.75) is 38.6 Å². The lowest BCUT2D eigenvalue weighted by molar-refractivity contribution is 0.279. The Balaban J connectivity index is 1.70. The van der Waals surface area contributed by atoms with Crippen LogP contribution < -0.4 is 0 Å². The minimum absolute atomic E-state index is 0.105. The highest BCUT2D eigenvalue weighted by atomic mass is 16.5. The van der Waals surface area contributed by atoms with Crippen LogP contribution in [0.4, 0.5) is 0 Å². The third kappa shape index (κ3) is 3.56. The minimum atomic E-state index is -0.105. The molecule has 1 aliphatic rings. The van der Waals surface area contributed by atoms with E-state index in [-0.39, 0.29) is 5.54 Å². The monoisotopic (exact) mass is 293 g/mol. The second kappa shape index (κ2) is 6.35. The van der Waals surface area contributed by atoms with Gasteiger partial charge in [0.25, 0.3) is 0 Å². The maximum Gasteiger partial charge on any atom is 0.217 e. The molecule has 1 aliphatic heterocycles. The van der Waals surface area contributed by atoms with E-state index in [1.165, 1.54) is 11.1 Å². The van der Waals surface area contributed by atoms with Crippen LogP contribution in [0.1, 0.15) is 37.0 Å². The van der Waals surface area contributed by atoms with Gasteiger partial charge < -0.3 is 4.74 Å². The molecule has 0 aliphatic carbocycles. The molecule has 0 unspecified atom stereocenters. The molecular weight excluding hydrogens is 270 g/mol. The molecule has 2 nitrogen and oxygen atoms in total. The normalized spacial score (nSPS) is 16.2. The predicted molar refractivity (Wildman–Crippen MR) is 91.5 cm³/mol. The van der Waals surface area contributed by atoms with Crippen LogP contribution >= 0.6 is 0 Å². The zero-order valence-corrected chi connectivity index (χ0v) is 13.4. The van der Waals surface area contributed by atoms with Gasteiger partial charge in [-0.2, -0.15) is 0 Å². The van der Waals surface area contributed by atoms with E-state index in [0.717, 1.165) is 30.7 Å². The van der Waals surface area contributed by atoms with E-state index in [4.69, 9.17) is 9.73 Å². The van der Waals surface area contributed by atoms with Gasteiger partial charge in [-0.15, -0.1) is 0 Å². The molecule has 2 aromatic carbocycles. The Hall–Kier alpha value is -2.09. The standard InChI is InChI=1S/C20H23NO/c1-20(2)15-22-19(21-20)18-14-7-6-12-17(18)13-8-11-16-9-4-3-5-10-16/h3-7,9-10,12,14H,8,11,13,15H2,1-2H3. The smallest absolute Gasteiger partial charge is 0.217 e. The summed E-state index contributed by atoms with van der Waals surface area (Å²) in [5, 5.41) is 0. The second-order valence-electron chi connectivity index (χ2n) is 6.51. The average molecular weight is 293 g/mol. The first-order valence-corrected chi connectivity index (χ1v) is 7.99. The molecule has 3 rings (SSSR count). The van der Waals surface area contributed by atoms with E-state index in [1.807, 2.05) is 0 Å². The van der Waals surface area contributed by atoms with E-state index < -0.39 is 0 Å². The Morgan fingerprint density at radius 2 is 1.68 bits per heavy atom. The summed E-state index contributed by atoms with van der Waals surface area (Å²) in [5.74, 6) is 0.806. The highest BCUT2D eigenvalue weighted by molar-refractivity contribution is 5.96. The number of hydrogen-bond donors (Lipinski definition) is 0. The molecule has 0 amide bonds. The molecule has 0 bridgehead atoms. The van der Waals surface area contributed by atoms with Gasteiger partial charge in [0.2, 0.25) is 5.90 Å². The molecule has 2 heteroatoms. The van der Waals surface area contributed by atoms with Crippen molar-refractivity contribution in [3.05, 3.63) is 71.3 Å². The Labute approximate surface area is 132 Å². The molecule has 22 heavy (non-hydrogen) atoms. The maximum atomic E-state index is 5.81. The van der Waals surface area contributed by atoms with Gasteiger partial charge in [-0.25, -0.2) is 4.99 Å². The second-order valence-corrected chi connectivity index (χ2v) is 6.51. The zero-order valence-electron chi connectivity index (χ0n) is 13.4. The molecule has 2 aromatic rings. The van der Waals surface area contributed by atoms with E-state index in [2.05, 4.69) is 68.4 Å². The summed E-state index contributed by atoms with van der Waals surface area (Å²) in [4.78, 5) is 4.71.